The zero-order valence-corrected chi connectivity index (χ0v) is 11.2. The van der Waals surface area contributed by atoms with E-state index in [4.69, 9.17) is 9.47 Å². The second-order valence-corrected chi connectivity index (χ2v) is 4.21. The van der Waals surface area contributed by atoms with Crippen LogP contribution in [0.25, 0.3) is 22.2 Å². The predicted molar refractivity (Wildman–Crippen MR) is 75.9 cm³/mol. The van der Waals surface area contributed by atoms with Crippen molar-refractivity contribution in [1.29, 1.82) is 0 Å². The van der Waals surface area contributed by atoms with Gasteiger partial charge >= 0.3 is 0 Å². The van der Waals surface area contributed by atoms with Gasteiger partial charge in [-0.15, -0.1) is 0 Å². The van der Waals surface area contributed by atoms with Crippen molar-refractivity contribution >= 4 is 10.9 Å². The molecule has 0 aliphatic carbocycles. The number of hydrogen-bond acceptors (Lipinski definition) is 5. The molecular weight excluding hydrogens is 254 g/mol. The lowest BCUT2D eigenvalue weighted by Crippen LogP contribution is -1.95. The highest BCUT2D eigenvalue weighted by Gasteiger charge is 2.11. The van der Waals surface area contributed by atoms with Gasteiger partial charge in [-0.3, -0.25) is 0 Å². The fourth-order valence-electron chi connectivity index (χ4n) is 2.04. The molecule has 0 aliphatic heterocycles. The lowest BCUT2D eigenvalue weighted by atomic mass is 10.1. The van der Waals surface area contributed by atoms with Gasteiger partial charge in [0.15, 0.2) is 0 Å². The first-order valence-electron chi connectivity index (χ1n) is 6.12. The Balaban J connectivity index is 2.22. The number of rotatable bonds is 3. The molecule has 0 atom stereocenters. The van der Waals surface area contributed by atoms with Crippen LogP contribution in [0.3, 0.4) is 0 Å². The normalized spacial score (nSPS) is 10.5. The summed E-state index contributed by atoms with van der Waals surface area (Å²) in [5.41, 5.74) is 2.36. The van der Waals surface area contributed by atoms with Gasteiger partial charge in [-0.1, -0.05) is 0 Å². The number of hydrogen-bond donors (Lipinski definition) is 0. The van der Waals surface area contributed by atoms with Crippen LogP contribution in [0, 0.1) is 0 Å². The zero-order chi connectivity index (χ0) is 13.9. The summed E-state index contributed by atoms with van der Waals surface area (Å²) >= 11 is 0. The van der Waals surface area contributed by atoms with Crippen molar-refractivity contribution in [3.8, 4) is 22.9 Å². The van der Waals surface area contributed by atoms with Crippen LogP contribution in [-0.2, 0) is 0 Å². The quantitative estimate of drug-likeness (QED) is 0.730. The molecule has 100 valence electrons. The minimum Gasteiger partial charge on any atom is -0.497 e. The minimum atomic E-state index is 0.520. The molecule has 0 fully saturated rings. The van der Waals surface area contributed by atoms with E-state index in [2.05, 4.69) is 15.2 Å². The van der Waals surface area contributed by atoms with Gasteiger partial charge in [0, 0.05) is 17.6 Å². The van der Waals surface area contributed by atoms with E-state index in [1.165, 1.54) is 0 Å². The topological polar surface area (TPSA) is 57.1 Å². The molecule has 2 heterocycles. The van der Waals surface area contributed by atoms with E-state index in [0.717, 1.165) is 27.9 Å². The van der Waals surface area contributed by atoms with Crippen molar-refractivity contribution in [2.45, 2.75) is 0 Å². The van der Waals surface area contributed by atoms with Gasteiger partial charge in [0.05, 0.1) is 31.0 Å². The molecule has 3 rings (SSSR count). The Morgan fingerprint density at radius 3 is 2.60 bits per heavy atom. The molecule has 0 saturated carbocycles. The maximum Gasteiger partial charge on any atom is 0.223 e. The molecule has 1 aromatic carbocycles. The highest BCUT2D eigenvalue weighted by atomic mass is 16.5. The number of nitrogens with zero attached hydrogens (tertiary/aromatic N) is 3. The predicted octanol–water partition coefficient (Wildman–Crippen LogP) is 2.71. The van der Waals surface area contributed by atoms with Crippen molar-refractivity contribution in [1.82, 2.24) is 15.2 Å². The van der Waals surface area contributed by atoms with E-state index in [0.29, 0.717) is 5.88 Å². The molecule has 0 N–H and O–H groups in total. The zero-order valence-electron chi connectivity index (χ0n) is 11.2. The molecule has 2 aromatic heterocycles. The molecule has 3 aromatic rings. The first-order valence-corrected chi connectivity index (χ1v) is 6.12. The van der Waals surface area contributed by atoms with Gasteiger partial charge in [0.2, 0.25) is 5.88 Å². The molecule has 20 heavy (non-hydrogen) atoms. The van der Waals surface area contributed by atoms with Gasteiger partial charge in [-0.25, -0.2) is 4.98 Å². The van der Waals surface area contributed by atoms with Crippen LogP contribution >= 0.6 is 0 Å². The van der Waals surface area contributed by atoms with Gasteiger partial charge < -0.3 is 9.47 Å². The molecule has 5 heteroatoms. The minimum absolute atomic E-state index is 0.520. The lowest BCUT2D eigenvalue weighted by molar-refractivity contribution is 0.400. The first kappa shape index (κ1) is 12.3. The Kier molecular flexibility index (Phi) is 3.16. The van der Waals surface area contributed by atoms with Crippen LogP contribution in [0.5, 0.6) is 11.6 Å². The standard InChI is InChI=1S/C15H13N3O2/c1-19-11-6-5-10-8-12(13-4-3-7-16-18-13)15(20-2)17-14(10)9-11/h3-9H,1-2H3. The van der Waals surface area contributed by atoms with Gasteiger partial charge in [0.1, 0.15) is 5.75 Å². The SMILES string of the molecule is COc1ccc2cc(-c3cccnn3)c(OC)nc2c1. The third kappa shape index (κ3) is 2.14. The lowest BCUT2D eigenvalue weighted by Gasteiger charge is -2.09. The van der Waals surface area contributed by atoms with Crippen LogP contribution in [-0.4, -0.2) is 29.4 Å². The summed E-state index contributed by atoms with van der Waals surface area (Å²) in [5, 5.41) is 8.99. The van der Waals surface area contributed by atoms with Crippen LogP contribution in [0.1, 0.15) is 0 Å². The average Bonchev–Trinajstić information content (AvgIpc) is 2.53. The molecule has 0 unspecified atom stereocenters. The average molecular weight is 267 g/mol. The Bertz CT molecular complexity index is 745. The van der Waals surface area contributed by atoms with E-state index in [1.54, 1.807) is 20.4 Å². The fraction of sp³-hybridized carbons (Fsp3) is 0.133. The fourth-order valence-corrected chi connectivity index (χ4v) is 2.04. The molecule has 5 nitrogen and oxygen atoms in total. The second kappa shape index (κ2) is 5.13. The van der Waals surface area contributed by atoms with E-state index in [-0.39, 0.29) is 0 Å². The number of fused-ring (bicyclic) bond motifs is 1. The van der Waals surface area contributed by atoms with E-state index >= 15 is 0 Å². The van der Waals surface area contributed by atoms with E-state index in [9.17, 15) is 0 Å². The Morgan fingerprint density at radius 2 is 1.90 bits per heavy atom. The maximum atomic E-state index is 5.36. The summed E-state index contributed by atoms with van der Waals surface area (Å²) < 4.78 is 10.6. The molecular formula is C15H13N3O2. The van der Waals surface area contributed by atoms with Crippen molar-refractivity contribution in [3.05, 3.63) is 42.6 Å². The second-order valence-electron chi connectivity index (χ2n) is 4.21. The van der Waals surface area contributed by atoms with Crippen molar-refractivity contribution in [2.24, 2.45) is 0 Å². The van der Waals surface area contributed by atoms with Crippen molar-refractivity contribution in [2.75, 3.05) is 14.2 Å². The monoisotopic (exact) mass is 267 g/mol. The molecule has 0 saturated heterocycles. The number of pyridine rings is 1. The largest absolute Gasteiger partial charge is 0.497 e. The number of benzene rings is 1. The summed E-state index contributed by atoms with van der Waals surface area (Å²) in [6.45, 7) is 0. The Hall–Kier alpha value is -2.69. The summed E-state index contributed by atoms with van der Waals surface area (Å²) in [5.74, 6) is 1.28. The molecule has 0 aliphatic rings. The van der Waals surface area contributed by atoms with E-state index in [1.807, 2.05) is 36.4 Å². The van der Waals surface area contributed by atoms with Crippen LogP contribution in [0.15, 0.2) is 42.6 Å². The number of methoxy groups -OCH3 is 2. The van der Waals surface area contributed by atoms with Gasteiger partial charge in [-0.05, 0) is 30.3 Å². The van der Waals surface area contributed by atoms with Crippen LogP contribution < -0.4 is 9.47 Å². The third-order valence-corrected chi connectivity index (χ3v) is 3.03. The number of aromatic nitrogens is 3. The molecule has 0 radical (unpaired) electrons. The third-order valence-electron chi connectivity index (χ3n) is 3.03. The maximum absolute atomic E-state index is 5.36. The highest BCUT2D eigenvalue weighted by molar-refractivity contribution is 5.86. The number of ether oxygens (including phenoxy) is 2. The highest BCUT2D eigenvalue weighted by Crippen LogP contribution is 2.31. The molecule has 0 spiro atoms. The van der Waals surface area contributed by atoms with Crippen molar-refractivity contribution in [3.63, 3.8) is 0 Å². The van der Waals surface area contributed by atoms with Crippen molar-refractivity contribution < 1.29 is 9.47 Å². The summed E-state index contributed by atoms with van der Waals surface area (Å²) in [4.78, 5) is 4.51. The Morgan fingerprint density at radius 1 is 1.00 bits per heavy atom. The van der Waals surface area contributed by atoms with Crippen LogP contribution in [0.2, 0.25) is 0 Å². The summed E-state index contributed by atoms with van der Waals surface area (Å²) in [6, 6.07) is 11.4. The summed E-state index contributed by atoms with van der Waals surface area (Å²) in [7, 11) is 3.22. The summed E-state index contributed by atoms with van der Waals surface area (Å²) in [6.07, 6.45) is 1.63. The smallest absolute Gasteiger partial charge is 0.223 e. The molecule has 0 bridgehead atoms. The van der Waals surface area contributed by atoms with E-state index < -0.39 is 0 Å². The van der Waals surface area contributed by atoms with Gasteiger partial charge in [0.25, 0.3) is 0 Å². The molecule has 0 amide bonds. The Labute approximate surface area is 116 Å². The van der Waals surface area contributed by atoms with Crippen LogP contribution in [0.4, 0.5) is 0 Å². The first-order chi connectivity index (χ1) is 9.81. The van der Waals surface area contributed by atoms with Gasteiger partial charge in [-0.2, -0.15) is 10.2 Å².